The molecule has 0 aliphatic heterocycles. The van der Waals surface area contributed by atoms with Crippen LogP contribution in [0.4, 0.5) is 0 Å². The number of hydrogen-bond donors (Lipinski definition) is 1. The van der Waals surface area contributed by atoms with Gasteiger partial charge in [-0.3, -0.25) is 4.79 Å². The molecule has 1 aromatic carbocycles. The van der Waals surface area contributed by atoms with Gasteiger partial charge in [-0.2, -0.15) is 0 Å². The average molecular weight is 375 g/mol. The van der Waals surface area contributed by atoms with E-state index in [-0.39, 0.29) is 17.3 Å². The van der Waals surface area contributed by atoms with Gasteiger partial charge in [0.05, 0.1) is 16.0 Å². The van der Waals surface area contributed by atoms with Crippen molar-refractivity contribution in [2.45, 2.75) is 17.1 Å². The molecule has 0 bridgehead atoms. The van der Waals surface area contributed by atoms with Crippen LogP contribution in [0.15, 0.2) is 69.5 Å². The van der Waals surface area contributed by atoms with Crippen molar-refractivity contribution >= 4 is 27.1 Å². The van der Waals surface area contributed by atoms with E-state index in [1.54, 1.807) is 53.9 Å². The lowest BCUT2D eigenvalue weighted by Crippen LogP contribution is -2.31. The van der Waals surface area contributed by atoms with Crippen LogP contribution < -0.4 is 5.32 Å². The van der Waals surface area contributed by atoms with Crippen LogP contribution >= 0.6 is 11.3 Å². The number of carbonyl (C=O) groups is 1. The van der Waals surface area contributed by atoms with Crippen molar-refractivity contribution in [3.8, 4) is 0 Å². The SMILES string of the molecule is Cc1ccc(S(=O)(=O)C(CNC(=O)c2cccs2)c2ccco2)cc1. The maximum absolute atomic E-state index is 13.0. The number of hydrogen-bond acceptors (Lipinski definition) is 5. The van der Waals surface area contributed by atoms with Crippen molar-refractivity contribution in [1.29, 1.82) is 0 Å². The Labute approximate surface area is 150 Å². The van der Waals surface area contributed by atoms with Gasteiger partial charge in [0.25, 0.3) is 5.91 Å². The summed E-state index contributed by atoms with van der Waals surface area (Å²) in [5.74, 6) is -0.00211. The first-order valence-electron chi connectivity index (χ1n) is 7.64. The van der Waals surface area contributed by atoms with Gasteiger partial charge in [0.1, 0.15) is 11.0 Å². The molecular weight excluding hydrogens is 358 g/mol. The molecule has 0 aliphatic rings. The van der Waals surface area contributed by atoms with Crippen LogP contribution in [0, 0.1) is 6.92 Å². The highest BCUT2D eigenvalue weighted by atomic mass is 32.2. The number of nitrogens with one attached hydrogen (secondary N) is 1. The van der Waals surface area contributed by atoms with E-state index < -0.39 is 15.1 Å². The summed E-state index contributed by atoms with van der Waals surface area (Å²) in [5.41, 5.74) is 0.972. The molecule has 25 heavy (non-hydrogen) atoms. The number of furan rings is 1. The van der Waals surface area contributed by atoms with E-state index in [0.717, 1.165) is 5.56 Å². The molecule has 1 N–H and O–H groups in total. The van der Waals surface area contributed by atoms with Crippen LogP contribution in [-0.2, 0) is 9.84 Å². The summed E-state index contributed by atoms with van der Waals surface area (Å²) >= 11 is 1.30. The molecule has 0 aliphatic carbocycles. The lowest BCUT2D eigenvalue weighted by atomic mass is 10.2. The summed E-state index contributed by atoms with van der Waals surface area (Å²) in [7, 11) is -3.71. The number of amides is 1. The first-order valence-corrected chi connectivity index (χ1v) is 10.1. The van der Waals surface area contributed by atoms with Crippen molar-refractivity contribution in [3.63, 3.8) is 0 Å². The minimum absolute atomic E-state index is 0.0690. The Hall–Kier alpha value is -2.38. The molecule has 3 rings (SSSR count). The lowest BCUT2D eigenvalue weighted by Gasteiger charge is -2.16. The second kappa shape index (κ2) is 7.25. The highest BCUT2D eigenvalue weighted by molar-refractivity contribution is 7.91. The average Bonchev–Trinajstić information content (AvgIpc) is 3.29. The molecule has 2 aromatic heterocycles. The fourth-order valence-electron chi connectivity index (χ4n) is 2.41. The number of sulfone groups is 1. The summed E-state index contributed by atoms with van der Waals surface area (Å²) in [4.78, 5) is 12.9. The molecule has 130 valence electrons. The van der Waals surface area contributed by atoms with Crippen molar-refractivity contribution in [1.82, 2.24) is 5.32 Å². The fourth-order valence-corrected chi connectivity index (χ4v) is 4.64. The van der Waals surface area contributed by atoms with Crippen LogP contribution in [0.3, 0.4) is 0 Å². The Kier molecular flexibility index (Phi) is 5.06. The summed E-state index contributed by atoms with van der Waals surface area (Å²) < 4.78 is 31.4. The summed E-state index contributed by atoms with van der Waals surface area (Å²) in [6.07, 6.45) is 1.42. The van der Waals surface area contributed by atoms with E-state index in [1.807, 2.05) is 6.92 Å². The van der Waals surface area contributed by atoms with Gasteiger partial charge < -0.3 is 9.73 Å². The molecule has 2 heterocycles. The smallest absolute Gasteiger partial charge is 0.261 e. The number of benzene rings is 1. The number of aryl methyl sites for hydroxylation is 1. The van der Waals surface area contributed by atoms with E-state index in [4.69, 9.17) is 4.42 Å². The summed E-state index contributed by atoms with van der Waals surface area (Å²) in [6.45, 7) is 1.82. The third kappa shape index (κ3) is 3.83. The van der Waals surface area contributed by atoms with Gasteiger partial charge in [0, 0.05) is 6.54 Å². The topological polar surface area (TPSA) is 76.4 Å². The number of rotatable bonds is 6. The van der Waals surface area contributed by atoms with Crippen molar-refractivity contribution in [3.05, 3.63) is 76.4 Å². The Morgan fingerprint density at radius 3 is 2.52 bits per heavy atom. The molecule has 1 unspecified atom stereocenters. The van der Waals surface area contributed by atoms with Crippen LogP contribution in [0.2, 0.25) is 0 Å². The summed E-state index contributed by atoms with van der Waals surface area (Å²) in [5, 5.41) is 3.50. The largest absolute Gasteiger partial charge is 0.468 e. The Balaban J connectivity index is 1.87. The Bertz CT molecular complexity index is 928. The van der Waals surface area contributed by atoms with Crippen LogP contribution in [0.25, 0.3) is 0 Å². The molecule has 3 aromatic rings. The maximum Gasteiger partial charge on any atom is 0.261 e. The minimum Gasteiger partial charge on any atom is -0.468 e. The highest BCUT2D eigenvalue weighted by Crippen LogP contribution is 2.29. The quantitative estimate of drug-likeness (QED) is 0.714. The standard InChI is InChI=1S/C18H17NO4S2/c1-13-6-8-14(9-7-13)25(21,22)17(15-4-2-10-23-15)12-19-18(20)16-5-3-11-24-16/h2-11,17H,12H2,1H3,(H,19,20). The zero-order chi connectivity index (χ0) is 17.9. The maximum atomic E-state index is 13.0. The van der Waals surface area contributed by atoms with Crippen LogP contribution in [-0.4, -0.2) is 20.9 Å². The van der Waals surface area contributed by atoms with Gasteiger partial charge in [-0.25, -0.2) is 8.42 Å². The van der Waals surface area contributed by atoms with Crippen LogP contribution in [0.5, 0.6) is 0 Å². The van der Waals surface area contributed by atoms with E-state index in [9.17, 15) is 13.2 Å². The third-order valence-electron chi connectivity index (χ3n) is 3.78. The van der Waals surface area contributed by atoms with Gasteiger partial charge in [0.15, 0.2) is 9.84 Å². The highest BCUT2D eigenvalue weighted by Gasteiger charge is 2.32. The minimum atomic E-state index is -3.71. The second-order valence-electron chi connectivity index (χ2n) is 5.55. The van der Waals surface area contributed by atoms with E-state index in [0.29, 0.717) is 10.6 Å². The first-order chi connectivity index (χ1) is 12.0. The first kappa shape index (κ1) is 17.4. The molecule has 1 atom stereocenters. The predicted molar refractivity (Wildman–Crippen MR) is 96.5 cm³/mol. The Morgan fingerprint density at radius 1 is 1.16 bits per heavy atom. The molecule has 0 radical (unpaired) electrons. The van der Waals surface area contributed by atoms with E-state index in [1.165, 1.54) is 17.6 Å². The van der Waals surface area contributed by atoms with Gasteiger partial charge in [0.2, 0.25) is 0 Å². The van der Waals surface area contributed by atoms with Crippen LogP contribution in [0.1, 0.15) is 26.2 Å². The van der Waals surface area contributed by atoms with E-state index in [2.05, 4.69) is 5.32 Å². The molecular formula is C18H17NO4S2. The second-order valence-corrected chi connectivity index (χ2v) is 8.63. The predicted octanol–water partition coefficient (Wildman–Crippen LogP) is 3.59. The fraction of sp³-hybridized carbons (Fsp3) is 0.167. The molecule has 5 nitrogen and oxygen atoms in total. The van der Waals surface area contributed by atoms with Gasteiger partial charge in [-0.05, 0) is 42.6 Å². The monoisotopic (exact) mass is 375 g/mol. The molecule has 0 saturated carbocycles. The molecule has 7 heteroatoms. The Morgan fingerprint density at radius 2 is 1.92 bits per heavy atom. The number of carbonyl (C=O) groups excluding carboxylic acids is 1. The summed E-state index contributed by atoms with van der Waals surface area (Å²) in [6, 6.07) is 13.3. The van der Waals surface area contributed by atoms with Gasteiger partial charge in [-0.15, -0.1) is 11.3 Å². The van der Waals surface area contributed by atoms with Gasteiger partial charge in [-0.1, -0.05) is 23.8 Å². The molecule has 0 saturated heterocycles. The zero-order valence-electron chi connectivity index (χ0n) is 13.5. The normalized spacial score (nSPS) is 12.7. The van der Waals surface area contributed by atoms with Crippen molar-refractivity contribution in [2.24, 2.45) is 0 Å². The third-order valence-corrected chi connectivity index (χ3v) is 6.72. The van der Waals surface area contributed by atoms with Crippen molar-refractivity contribution in [2.75, 3.05) is 6.54 Å². The van der Waals surface area contributed by atoms with E-state index >= 15 is 0 Å². The lowest BCUT2D eigenvalue weighted by molar-refractivity contribution is 0.0957. The molecule has 0 spiro atoms. The molecule has 0 fully saturated rings. The van der Waals surface area contributed by atoms with Gasteiger partial charge >= 0.3 is 0 Å². The van der Waals surface area contributed by atoms with Crippen molar-refractivity contribution < 1.29 is 17.6 Å². The number of thiophene rings is 1. The molecule has 1 amide bonds. The zero-order valence-corrected chi connectivity index (χ0v) is 15.1.